The van der Waals surface area contributed by atoms with Crippen LogP contribution in [-0.2, 0) is 12.8 Å². The molecule has 0 amide bonds. The summed E-state index contributed by atoms with van der Waals surface area (Å²) in [7, 11) is 0. The standard InChI is InChI=1S/C13H10F3NO/c14-13(15,16)12-6-5-9(7-17-12)11-4-2-1-3-10(11)8-18/h1-7,18H,8H2. The second-order valence-corrected chi connectivity index (χ2v) is 3.75. The average Bonchev–Trinajstić information content (AvgIpc) is 2.38. The summed E-state index contributed by atoms with van der Waals surface area (Å²) in [5, 5.41) is 9.16. The predicted octanol–water partition coefficient (Wildman–Crippen LogP) is 3.26. The van der Waals surface area contributed by atoms with Crippen LogP contribution in [0.5, 0.6) is 0 Å². The van der Waals surface area contributed by atoms with Crippen LogP contribution in [0.1, 0.15) is 11.3 Å². The van der Waals surface area contributed by atoms with Crippen LogP contribution in [0.15, 0.2) is 42.6 Å². The topological polar surface area (TPSA) is 33.1 Å². The highest BCUT2D eigenvalue weighted by Crippen LogP contribution is 2.29. The number of hydrogen-bond donors (Lipinski definition) is 1. The number of aliphatic hydroxyl groups is 1. The molecule has 0 atom stereocenters. The lowest BCUT2D eigenvalue weighted by atomic mass is 10.0. The molecule has 1 aromatic carbocycles. The lowest BCUT2D eigenvalue weighted by Gasteiger charge is -2.09. The lowest BCUT2D eigenvalue weighted by Crippen LogP contribution is -2.07. The number of aliphatic hydroxyl groups excluding tert-OH is 1. The SMILES string of the molecule is OCc1ccccc1-c1ccc(C(F)(F)F)nc1. The fourth-order valence-electron chi connectivity index (χ4n) is 1.66. The molecule has 1 heterocycles. The van der Waals surface area contributed by atoms with Gasteiger partial charge in [-0.25, -0.2) is 0 Å². The van der Waals surface area contributed by atoms with Crippen LogP contribution in [0.4, 0.5) is 13.2 Å². The van der Waals surface area contributed by atoms with Gasteiger partial charge in [-0.3, -0.25) is 4.98 Å². The summed E-state index contributed by atoms with van der Waals surface area (Å²) in [5.41, 5.74) is 0.959. The van der Waals surface area contributed by atoms with E-state index in [9.17, 15) is 13.2 Å². The number of aromatic nitrogens is 1. The van der Waals surface area contributed by atoms with E-state index >= 15 is 0 Å². The van der Waals surface area contributed by atoms with Gasteiger partial charge in [-0.1, -0.05) is 30.3 Å². The molecule has 0 aliphatic rings. The van der Waals surface area contributed by atoms with Crippen molar-refractivity contribution in [2.45, 2.75) is 12.8 Å². The fraction of sp³-hybridized carbons (Fsp3) is 0.154. The van der Waals surface area contributed by atoms with Crippen molar-refractivity contribution in [3.05, 3.63) is 53.9 Å². The Hall–Kier alpha value is -1.88. The summed E-state index contributed by atoms with van der Waals surface area (Å²) in [5.74, 6) is 0. The summed E-state index contributed by atoms with van der Waals surface area (Å²) < 4.78 is 37.1. The number of halogens is 3. The molecule has 0 aliphatic carbocycles. The van der Waals surface area contributed by atoms with E-state index in [4.69, 9.17) is 5.11 Å². The smallest absolute Gasteiger partial charge is 0.392 e. The highest BCUT2D eigenvalue weighted by atomic mass is 19.4. The molecular weight excluding hydrogens is 243 g/mol. The largest absolute Gasteiger partial charge is 0.433 e. The molecule has 0 radical (unpaired) electrons. The molecule has 0 saturated carbocycles. The molecule has 5 heteroatoms. The van der Waals surface area contributed by atoms with Gasteiger partial charge >= 0.3 is 6.18 Å². The van der Waals surface area contributed by atoms with Gasteiger partial charge in [-0.2, -0.15) is 13.2 Å². The zero-order chi connectivity index (χ0) is 13.2. The van der Waals surface area contributed by atoms with Gasteiger partial charge in [-0.15, -0.1) is 0 Å². The molecule has 2 nitrogen and oxygen atoms in total. The first-order valence-corrected chi connectivity index (χ1v) is 5.25. The molecule has 94 valence electrons. The third-order valence-corrected chi connectivity index (χ3v) is 2.55. The van der Waals surface area contributed by atoms with Crippen LogP contribution < -0.4 is 0 Å². The van der Waals surface area contributed by atoms with Crippen LogP contribution in [0.25, 0.3) is 11.1 Å². The molecular formula is C13H10F3NO. The number of alkyl halides is 3. The number of nitrogens with zero attached hydrogens (tertiary/aromatic N) is 1. The molecule has 0 fully saturated rings. The van der Waals surface area contributed by atoms with Crippen LogP contribution >= 0.6 is 0 Å². The zero-order valence-corrected chi connectivity index (χ0v) is 9.28. The minimum atomic E-state index is -4.44. The summed E-state index contributed by atoms with van der Waals surface area (Å²) in [6.45, 7) is -0.169. The molecule has 2 aromatic rings. The summed E-state index contributed by atoms with van der Waals surface area (Å²) in [6.07, 6.45) is -3.27. The minimum absolute atomic E-state index is 0.169. The monoisotopic (exact) mass is 253 g/mol. The second kappa shape index (κ2) is 4.78. The van der Waals surface area contributed by atoms with Gasteiger partial charge in [0, 0.05) is 11.8 Å². The van der Waals surface area contributed by atoms with Crippen LogP contribution in [-0.4, -0.2) is 10.1 Å². The Morgan fingerprint density at radius 1 is 1.06 bits per heavy atom. The summed E-state index contributed by atoms with van der Waals surface area (Å²) in [4.78, 5) is 3.40. The second-order valence-electron chi connectivity index (χ2n) is 3.75. The Bertz CT molecular complexity index is 535. The van der Waals surface area contributed by atoms with Crippen molar-refractivity contribution in [2.75, 3.05) is 0 Å². The maximum atomic E-state index is 12.4. The average molecular weight is 253 g/mol. The van der Waals surface area contributed by atoms with E-state index < -0.39 is 11.9 Å². The highest BCUT2D eigenvalue weighted by molar-refractivity contribution is 5.66. The van der Waals surface area contributed by atoms with Crippen molar-refractivity contribution in [2.24, 2.45) is 0 Å². The fourth-order valence-corrected chi connectivity index (χ4v) is 1.66. The molecule has 1 N–H and O–H groups in total. The molecule has 0 spiro atoms. The zero-order valence-electron chi connectivity index (χ0n) is 9.28. The summed E-state index contributed by atoms with van der Waals surface area (Å²) in [6, 6.07) is 9.25. The molecule has 0 unspecified atom stereocenters. The van der Waals surface area contributed by atoms with Crippen LogP contribution in [0, 0.1) is 0 Å². The third kappa shape index (κ3) is 2.51. The molecule has 18 heavy (non-hydrogen) atoms. The Kier molecular flexibility index (Phi) is 3.34. The van der Waals surface area contributed by atoms with Crippen molar-refractivity contribution < 1.29 is 18.3 Å². The van der Waals surface area contributed by atoms with Crippen molar-refractivity contribution in [1.82, 2.24) is 4.98 Å². The minimum Gasteiger partial charge on any atom is -0.392 e. The first kappa shape index (κ1) is 12.6. The molecule has 2 rings (SSSR count). The third-order valence-electron chi connectivity index (χ3n) is 2.55. The van der Waals surface area contributed by atoms with Gasteiger partial charge in [0.15, 0.2) is 0 Å². The van der Waals surface area contributed by atoms with Gasteiger partial charge in [-0.05, 0) is 17.2 Å². The van der Waals surface area contributed by atoms with Crippen molar-refractivity contribution >= 4 is 0 Å². The van der Waals surface area contributed by atoms with E-state index in [1.54, 1.807) is 24.3 Å². The number of hydrogen-bond acceptors (Lipinski definition) is 2. The first-order chi connectivity index (χ1) is 8.52. The van der Waals surface area contributed by atoms with Crippen LogP contribution in [0.3, 0.4) is 0 Å². The van der Waals surface area contributed by atoms with Crippen molar-refractivity contribution in [3.63, 3.8) is 0 Å². The van der Waals surface area contributed by atoms with Gasteiger partial charge in [0.25, 0.3) is 0 Å². The summed E-state index contributed by atoms with van der Waals surface area (Å²) >= 11 is 0. The highest BCUT2D eigenvalue weighted by Gasteiger charge is 2.32. The van der Waals surface area contributed by atoms with E-state index in [1.165, 1.54) is 6.07 Å². The Balaban J connectivity index is 2.41. The molecule has 1 aromatic heterocycles. The molecule has 0 saturated heterocycles. The van der Waals surface area contributed by atoms with Crippen LogP contribution in [0.2, 0.25) is 0 Å². The van der Waals surface area contributed by atoms with Crippen molar-refractivity contribution in [3.8, 4) is 11.1 Å². The first-order valence-electron chi connectivity index (χ1n) is 5.25. The van der Waals surface area contributed by atoms with E-state index in [0.29, 0.717) is 16.7 Å². The van der Waals surface area contributed by atoms with E-state index in [2.05, 4.69) is 4.98 Å². The maximum absolute atomic E-state index is 12.4. The van der Waals surface area contributed by atoms with E-state index in [-0.39, 0.29) is 6.61 Å². The molecule has 0 aliphatic heterocycles. The Morgan fingerprint density at radius 2 is 1.78 bits per heavy atom. The van der Waals surface area contributed by atoms with Gasteiger partial charge in [0.2, 0.25) is 0 Å². The predicted molar refractivity (Wildman–Crippen MR) is 60.6 cm³/mol. The van der Waals surface area contributed by atoms with Gasteiger partial charge in [0.1, 0.15) is 5.69 Å². The maximum Gasteiger partial charge on any atom is 0.433 e. The van der Waals surface area contributed by atoms with E-state index in [0.717, 1.165) is 12.3 Å². The Morgan fingerprint density at radius 3 is 2.33 bits per heavy atom. The molecule has 0 bridgehead atoms. The number of benzene rings is 1. The lowest BCUT2D eigenvalue weighted by molar-refractivity contribution is -0.141. The van der Waals surface area contributed by atoms with Crippen molar-refractivity contribution in [1.29, 1.82) is 0 Å². The quantitative estimate of drug-likeness (QED) is 0.891. The normalized spacial score (nSPS) is 11.6. The number of pyridine rings is 1. The van der Waals surface area contributed by atoms with Gasteiger partial charge < -0.3 is 5.11 Å². The van der Waals surface area contributed by atoms with E-state index in [1.807, 2.05) is 0 Å². The Labute approximate surface area is 102 Å². The number of rotatable bonds is 2. The van der Waals surface area contributed by atoms with Gasteiger partial charge in [0.05, 0.1) is 6.61 Å².